The van der Waals surface area contributed by atoms with Crippen molar-refractivity contribution in [3.05, 3.63) is 30.6 Å². The normalized spacial score (nSPS) is 21.8. The monoisotopic (exact) mass is 553 g/mol. The molecular formula is C28H35N5O7. The molecule has 40 heavy (non-hydrogen) atoms. The fourth-order valence-electron chi connectivity index (χ4n) is 5.25. The second-order valence-corrected chi connectivity index (χ2v) is 10.8. The number of amides is 1. The summed E-state index contributed by atoms with van der Waals surface area (Å²) in [5.41, 5.74) is 3.15. The smallest absolute Gasteiger partial charge is 0.260 e. The summed E-state index contributed by atoms with van der Waals surface area (Å²) in [6.45, 7) is 5.90. The molecule has 12 nitrogen and oxygen atoms in total. The number of rotatable bonds is 8. The van der Waals surface area contributed by atoms with Gasteiger partial charge in [0.05, 0.1) is 58.6 Å². The molecule has 3 aliphatic rings. The van der Waals surface area contributed by atoms with Crippen LogP contribution in [0.5, 0.6) is 17.4 Å². The maximum absolute atomic E-state index is 13.3. The molecule has 3 aromatic rings. The van der Waals surface area contributed by atoms with Gasteiger partial charge >= 0.3 is 0 Å². The highest BCUT2D eigenvalue weighted by molar-refractivity contribution is 5.84. The molecule has 1 amide bonds. The molecule has 0 radical (unpaired) electrons. The average Bonchev–Trinajstić information content (AvgIpc) is 3.49. The van der Waals surface area contributed by atoms with E-state index in [2.05, 4.69) is 17.3 Å². The van der Waals surface area contributed by atoms with Crippen LogP contribution in [0.3, 0.4) is 0 Å². The number of fused-ring (bicyclic) bond motifs is 5. The van der Waals surface area contributed by atoms with Crippen molar-refractivity contribution in [3.63, 3.8) is 0 Å². The molecule has 12 heteroatoms. The Morgan fingerprint density at radius 2 is 2.08 bits per heavy atom. The van der Waals surface area contributed by atoms with Crippen LogP contribution >= 0.6 is 0 Å². The quantitative estimate of drug-likeness (QED) is 0.416. The van der Waals surface area contributed by atoms with Gasteiger partial charge in [0.1, 0.15) is 18.5 Å². The van der Waals surface area contributed by atoms with Gasteiger partial charge in [0.15, 0.2) is 11.4 Å². The maximum atomic E-state index is 13.3. The van der Waals surface area contributed by atoms with Crippen molar-refractivity contribution in [2.24, 2.45) is 5.41 Å². The predicted octanol–water partition coefficient (Wildman–Crippen LogP) is 2.26. The molecule has 2 saturated heterocycles. The first-order chi connectivity index (χ1) is 19.5. The van der Waals surface area contributed by atoms with E-state index in [0.29, 0.717) is 75.6 Å². The number of nitrogens with one attached hydrogen (secondary N) is 1. The largest absolute Gasteiger partial charge is 0.497 e. The zero-order valence-electron chi connectivity index (χ0n) is 23.1. The van der Waals surface area contributed by atoms with Gasteiger partial charge in [-0.05, 0) is 17.7 Å². The Labute approximate surface area is 232 Å². The standard InChI is InChI=1S/C28H35N5O7/c1-28(15-37-16-28)17-40-24-13-33-25-22(12-30-33)18-8-19(10-21(9-18)36-3)29-4-5-32-20(14-39-26(24)31-25)11-23(27(32)34)38-7-6-35-2/h8-10,12-13,20,23,29H,4-7,11,14-17H2,1-3H3/t20-,23?/m0/s1. The van der Waals surface area contributed by atoms with Crippen molar-refractivity contribution in [2.75, 3.05) is 72.3 Å². The third kappa shape index (κ3) is 5.26. The van der Waals surface area contributed by atoms with E-state index in [9.17, 15) is 4.79 Å². The van der Waals surface area contributed by atoms with Crippen LogP contribution in [0.2, 0.25) is 0 Å². The van der Waals surface area contributed by atoms with E-state index in [1.807, 2.05) is 23.1 Å². The lowest BCUT2D eigenvalue weighted by molar-refractivity contribution is -0.138. The van der Waals surface area contributed by atoms with Crippen LogP contribution in [0.4, 0.5) is 5.69 Å². The Balaban J connectivity index is 1.37. The summed E-state index contributed by atoms with van der Waals surface area (Å²) >= 11 is 0. The molecule has 1 N–H and O–H groups in total. The summed E-state index contributed by atoms with van der Waals surface area (Å²) < 4.78 is 36.2. The molecular weight excluding hydrogens is 518 g/mol. The predicted molar refractivity (Wildman–Crippen MR) is 145 cm³/mol. The number of benzene rings is 1. The lowest BCUT2D eigenvalue weighted by Crippen LogP contribution is -2.44. The van der Waals surface area contributed by atoms with Gasteiger partial charge in [-0.25, -0.2) is 4.52 Å². The number of hydrogen-bond donors (Lipinski definition) is 1. The second-order valence-electron chi connectivity index (χ2n) is 10.8. The Morgan fingerprint density at radius 1 is 1.20 bits per heavy atom. The molecule has 4 bridgehead atoms. The number of aromatic nitrogens is 3. The van der Waals surface area contributed by atoms with Gasteiger partial charge in [-0.3, -0.25) is 4.79 Å². The summed E-state index contributed by atoms with van der Waals surface area (Å²) in [6, 6.07) is 5.70. The maximum Gasteiger partial charge on any atom is 0.260 e. The zero-order chi connectivity index (χ0) is 27.7. The Morgan fingerprint density at radius 3 is 2.85 bits per heavy atom. The number of carbonyl (C=O) groups excluding carboxylic acids is 1. The number of methoxy groups -OCH3 is 2. The summed E-state index contributed by atoms with van der Waals surface area (Å²) in [6.07, 6.45) is 3.54. The summed E-state index contributed by atoms with van der Waals surface area (Å²) in [4.78, 5) is 20.0. The summed E-state index contributed by atoms with van der Waals surface area (Å²) in [5.74, 6) is 1.48. The van der Waals surface area contributed by atoms with Crippen molar-refractivity contribution in [2.45, 2.75) is 25.5 Å². The van der Waals surface area contributed by atoms with Gasteiger partial charge in [-0.2, -0.15) is 10.1 Å². The molecule has 1 aromatic carbocycles. The Hall–Kier alpha value is -3.61. The van der Waals surface area contributed by atoms with E-state index in [1.54, 1.807) is 31.1 Å². The third-order valence-corrected chi connectivity index (χ3v) is 7.54. The fraction of sp³-hybridized carbons (Fsp3) is 0.536. The minimum Gasteiger partial charge on any atom is -0.497 e. The van der Waals surface area contributed by atoms with Gasteiger partial charge in [0.25, 0.3) is 11.8 Å². The van der Waals surface area contributed by atoms with Crippen LogP contribution in [0, 0.1) is 5.41 Å². The first-order valence-corrected chi connectivity index (χ1v) is 13.5. The number of anilines is 1. The number of hydrogen-bond acceptors (Lipinski definition) is 10. The molecule has 2 aromatic heterocycles. The van der Waals surface area contributed by atoms with Crippen molar-refractivity contribution in [1.29, 1.82) is 0 Å². The number of ether oxygens (including phenoxy) is 6. The molecule has 2 fully saturated rings. The minimum atomic E-state index is -0.547. The highest BCUT2D eigenvalue weighted by atomic mass is 16.5. The van der Waals surface area contributed by atoms with Crippen LogP contribution in [-0.2, 0) is 19.0 Å². The third-order valence-electron chi connectivity index (χ3n) is 7.54. The first-order valence-electron chi connectivity index (χ1n) is 13.5. The van der Waals surface area contributed by atoms with Crippen molar-refractivity contribution in [3.8, 4) is 28.5 Å². The van der Waals surface area contributed by atoms with Crippen LogP contribution < -0.4 is 19.5 Å². The van der Waals surface area contributed by atoms with Gasteiger partial charge in [0.2, 0.25) is 0 Å². The van der Waals surface area contributed by atoms with Crippen LogP contribution in [0.15, 0.2) is 30.6 Å². The molecule has 0 aliphatic carbocycles. The van der Waals surface area contributed by atoms with E-state index in [4.69, 9.17) is 33.4 Å². The lowest BCUT2D eigenvalue weighted by atomic mass is 9.90. The van der Waals surface area contributed by atoms with Crippen LogP contribution in [0.1, 0.15) is 13.3 Å². The average molecular weight is 554 g/mol. The molecule has 0 saturated carbocycles. The molecule has 6 rings (SSSR count). The van der Waals surface area contributed by atoms with Crippen molar-refractivity contribution >= 4 is 17.2 Å². The topological polar surface area (TPSA) is 118 Å². The molecule has 1 unspecified atom stereocenters. The second kappa shape index (κ2) is 11.1. The molecule has 3 aliphatic heterocycles. The van der Waals surface area contributed by atoms with E-state index < -0.39 is 6.10 Å². The van der Waals surface area contributed by atoms with E-state index >= 15 is 0 Å². The van der Waals surface area contributed by atoms with Crippen LogP contribution in [0.25, 0.3) is 16.8 Å². The first kappa shape index (κ1) is 26.6. The van der Waals surface area contributed by atoms with Crippen molar-refractivity contribution < 1.29 is 33.2 Å². The molecule has 214 valence electrons. The minimum absolute atomic E-state index is 0.0548. The van der Waals surface area contributed by atoms with E-state index in [0.717, 1.165) is 16.8 Å². The highest BCUT2D eigenvalue weighted by Gasteiger charge is 2.41. The highest BCUT2D eigenvalue weighted by Crippen LogP contribution is 2.36. The number of carbonyl (C=O) groups is 1. The van der Waals surface area contributed by atoms with E-state index in [1.165, 1.54) is 0 Å². The summed E-state index contributed by atoms with van der Waals surface area (Å²) in [5, 5.41) is 8.00. The summed E-state index contributed by atoms with van der Waals surface area (Å²) in [7, 11) is 3.24. The molecule has 5 heterocycles. The van der Waals surface area contributed by atoms with Gasteiger partial charge in [0, 0.05) is 49.4 Å². The van der Waals surface area contributed by atoms with Gasteiger partial charge in [-0.1, -0.05) is 6.92 Å². The van der Waals surface area contributed by atoms with Gasteiger partial charge in [-0.15, -0.1) is 0 Å². The lowest BCUT2D eigenvalue weighted by Gasteiger charge is -2.37. The molecule has 2 atom stereocenters. The molecule has 0 spiro atoms. The van der Waals surface area contributed by atoms with E-state index in [-0.39, 0.29) is 24.0 Å². The van der Waals surface area contributed by atoms with Crippen LogP contribution in [-0.4, -0.2) is 105 Å². The number of nitrogens with zero attached hydrogens (tertiary/aromatic N) is 4. The van der Waals surface area contributed by atoms with Gasteiger partial charge < -0.3 is 38.6 Å². The SMILES string of the molecule is COCCOC1C[C@H]2COc3nc4c(cnn4cc3OCC3(C)COC3)-c3cc(cc(OC)c3)NCCN2C1=O. The Kier molecular flexibility index (Phi) is 7.39. The fourth-order valence-corrected chi connectivity index (χ4v) is 5.25. The Bertz CT molecular complexity index is 1370. The van der Waals surface area contributed by atoms with Crippen molar-refractivity contribution in [1.82, 2.24) is 19.5 Å². The zero-order valence-corrected chi connectivity index (χ0v) is 23.1.